The number of halogens is 1. The van der Waals surface area contributed by atoms with Crippen molar-refractivity contribution in [2.24, 2.45) is 0 Å². The van der Waals surface area contributed by atoms with E-state index in [1.54, 1.807) is 21.0 Å². The fourth-order valence-electron chi connectivity index (χ4n) is 1.86. The Morgan fingerprint density at radius 3 is 2.50 bits per heavy atom. The van der Waals surface area contributed by atoms with Gasteiger partial charge in [-0.15, -0.1) is 0 Å². The van der Waals surface area contributed by atoms with Crippen molar-refractivity contribution in [2.45, 2.75) is 39.8 Å². The molecule has 102 valence electrons. The quantitative estimate of drug-likeness (QED) is 0.865. The van der Waals surface area contributed by atoms with Gasteiger partial charge in [-0.2, -0.15) is 0 Å². The molecule has 0 saturated heterocycles. The highest BCUT2D eigenvalue weighted by Gasteiger charge is 2.15. The second kappa shape index (κ2) is 5.91. The molecule has 0 aliphatic carbocycles. The first kappa shape index (κ1) is 15.3. The molecule has 0 amide bonds. The molecule has 3 nitrogen and oxygen atoms in total. The third kappa shape index (κ3) is 3.87. The van der Waals surface area contributed by atoms with E-state index in [0.717, 1.165) is 27.5 Å². The van der Waals surface area contributed by atoms with Gasteiger partial charge in [0.05, 0.1) is 12.7 Å². The number of ether oxygens (including phenoxy) is 1. The summed E-state index contributed by atoms with van der Waals surface area (Å²) in [7, 11) is 1.65. The standard InChI is InChI=1S/C14H22ClNO2/c1-9-6-12(18-5)11(10(2)13(9)15)7-16-8-14(3,4)17/h6,16-17H,7-8H2,1-5H3. The van der Waals surface area contributed by atoms with Crippen molar-refractivity contribution in [1.29, 1.82) is 0 Å². The predicted octanol–water partition coefficient (Wildman–Crippen LogP) is 2.83. The summed E-state index contributed by atoms with van der Waals surface area (Å²) in [6, 6.07) is 1.94. The lowest BCUT2D eigenvalue weighted by Gasteiger charge is -2.20. The third-order valence-electron chi connectivity index (χ3n) is 2.85. The predicted molar refractivity (Wildman–Crippen MR) is 75.5 cm³/mol. The molecule has 0 aliphatic rings. The van der Waals surface area contributed by atoms with Gasteiger partial charge in [0.2, 0.25) is 0 Å². The summed E-state index contributed by atoms with van der Waals surface area (Å²) in [5, 5.41) is 13.7. The SMILES string of the molecule is COc1cc(C)c(Cl)c(C)c1CNCC(C)(C)O. The lowest BCUT2D eigenvalue weighted by atomic mass is 10.0. The number of benzene rings is 1. The number of hydrogen-bond acceptors (Lipinski definition) is 3. The Labute approximate surface area is 114 Å². The fraction of sp³-hybridized carbons (Fsp3) is 0.571. The zero-order chi connectivity index (χ0) is 13.9. The molecule has 0 unspecified atom stereocenters. The summed E-state index contributed by atoms with van der Waals surface area (Å²) in [6.45, 7) is 8.63. The number of methoxy groups -OCH3 is 1. The van der Waals surface area contributed by atoms with Crippen LogP contribution in [-0.4, -0.2) is 24.4 Å². The van der Waals surface area contributed by atoms with Crippen molar-refractivity contribution in [3.05, 3.63) is 27.8 Å². The largest absolute Gasteiger partial charge is 0.496 e. The molecule has 2 N–H and O–H groups in total. The van der Waals surface area contributed by atoms with Gasteiger partial charge in [0.1, 0.15) is 5.75 Å². The van der Waals surface area contributed by atoms with Crippen LogP contribution >= 0.6 is 11.6 Å². The Kier molecular flexibility index (Phi) is 5.02. The van der Waals surface area contributed by atoms with Crippen molar-refractivity contribution < 1.29 is 9.84 Å². The van der Waals surface area contributed by atoms with E-state index in [9.17, 15) is 5.11 Å². The number of hydrogen-bond donors (Lipinski definition) is 2. The van der Waals surface area contributed by atoms with E-state index in [1.165, 1.54) is 0 Å². The highest BCUT2D eigenvalue weighted by molar-refractivity contribution is 6.32. The smallest absolute Gasteiger partial charge is 0.123 e. The molecule has 0 spiro atoms. The molecule has 1 aromatic carbocycles. The second-order valence-electron chi connectivity index (χ2n) is 5.23. The molecule has 0 radical (unpaired) electrons. The Balaban J connectivity index is 2.91. The minimum Gasteiger partial charge on any atom is -0.496 e. The second-order valence-corrected chi connectivity index (χ2v) is 5.61. The van der Waals surface area contributed by atoms with Crippen molar-refractivity contribution in [3.63, 3.8) is 0 Å². The van der Waals surface area contributed by atoms with E-state index in [0.29, 0.717) is 13.1 Å². The van der Waals surface area contributed by atoms with E-state index in [1.807, 2.05) is 19.9 Å². The summed E-state index contributed by atoms with van der Waals surface area (Å²) in [6.07, 6.45) is 0. The van der Waals surface area contributed by atoms with E-state index in [-0.39, 0.29) is 0 Å². The Morgan fingerprint density at radius 2 is 2.00 bits per heavy atom. The molecule has 18 heavy (non-hydrogen) atoms. The van der Waals surface area contributed by atoms with Crippen LogP contribution in [0.15, 0.2) is 6.07 Å². The molecule has 4 heteroatoms. The Hall–Kier alpha value is -0.770. The first-order valence-electron chi connectivity index (χ1n) is 6.02. The summed E-state index contributed by atoms with van der Waals surface area (Å²) in [4.78, 5) is 0. The molecule has 0 heterocycles. The van der Waals surface area contributed by atoms with Gasteiger partial charge in [0, 0.05) is 23.7 Å². The number of nitrogens with one attached hydrogen (secondary N) is 1. The van der Waals surface area contributed by atoms with Gasteiger partial charge in [0.15, 0.2) is 0 Å². The van der Waals surface area contributed by atoms with E-state index >= 15 is 0 Å². The van der Waals surface area contributed by atoms with Crippen LogP contribution in [0.1, 0.15) is 30.5 Å². The summed E-state index contributed by atoms with van der Waals surface area (Å²) < 4.78 is 5.38. The maximum absolute atomic E-state index is 9.67. The van der Waals surface area contributed by atoms with Crippen molar-refractivity contribution in [1.82, 2.24) is 5.32 Å². The Bertz CT molecular complexity index is 425. The van der Waals surface area contributed by atoms with Gasteiger partial charge in [-0.05, 0) is 44.9 Å². The highest BCUT2D eigenvalue weighted by atomic mass is 35.5. The minimum absolute atomic E-state index is 0.515. The van der Waals surface area contributed by atoms with Gasteiger partial charge in [0.25, 0.3) is 0 Å². The number of rotatable bonds is 5. The maximum Gasteiger partial charge on any atom is 0.123 e. The van der Waals surface area contributed by atoms with Crippen LogP contribution in [0.5, 0.6) is 5.75 Å². The van der Waals surface area contributed by atoms with Crippen molar-refractivity contribution >= 4 is 11.6 Å². The van der Waals surface area contributed by atoms with Gasteiger partial charge in [-0.3, -0.25) is 0 Å². The topological polar surface area (TPSA) is 41.5 Å². The molecule has 0 atom stereocenters. The molecule has 0 aliphatic heterocycles. The maximum atomic E-state index is 9.67. The van der Waals surface area contributed by atoms with Crippen LogP contribution in [-0.2, 0) is 6.54 Å². The average Bonchev–Trinajstić information content (AvgIpc) is 2.27. The fourth-order valence-corrected chi connectivity index (χ4v) is 2.02. The third-order valence-corrected chi connectivity index (χ3v) is 3.43. The molecule has 0 fully saturated rings. The molecular weight excluding hydrogens is 250 g/mol. The normalized spacial score (nSPS) is 11.7. The molecule has 0 saturated carbocycles. The monoisotopic (exact) mass is 271 g/mol. The van der Waals surface area contributed by atoms with Crippen LogP contribution in [0, 0.1) is 13.8 Å². The summed E-state index contributed by atoms with van der Waals surface area (Å²) in [5.41, 5.74) is 2.35. The first-order valence-corrected chi connectivity index (χ1v) is 6.39. The van der Waals surface area contributed by atoms with E-state index in [2.05, 4.69) is 5.32 Å². The van der Waals surface area contributed by atoms with Gasteiger partial charge < -0.3 is 15.2 Å². The van der Waals surface area contributed by atoms with Gasteiger partial charge in [-0.1, -0.05) is 11.6 Å². The molecule has 1 aromatic rings. The van der Waals surface area contributed by atoms with Crippen molar-refractivity contribution in [3.8, 4) is 5.75 Å². The molecule has 0 aromatic heterocycles. The van der Waals surface area contributed by atoms with Crippen LogP contribution in [0.4, 0.5) is 0 Å². The van der Waals surface area contributed by atoms with Crippen LogP contribution in [0.3, 0.4) is 0 Å². The lowest BCUT2D eigenvalue weighted by molar-refractivity contribution is 0.0794. The van der Waals surface area contributed by atoms with Gasteiger partial charge in [-0.25, -0.2) is 0 Å². The van der Waals surface area contributed by atoms with Crippen LogP contribution < -0.4 is 10.1 Å². The number of aryl methyl sites for hydroxylation is 1. The zero-order valence-electron chi connectivity index (χ0n) is 11.7. The Morgan fingerprint density at radius 1 is 1.39 bits per heavy atom. The first-order chi connectivity index (χ1) is 8.26. The molecular formula is C14H22ClNO2. The molecule has 1 rings (SSSR count). The zero-order valence-corrected chi connectivity index (χ0v) is 12.5. The van der Waals surface area contributed by atoms with Crippen LogP contribution in [0.2, 0.25) is 5.02 Å². The van der Waals surface area contributed by atoms with Crippen molar-refractivity contribution in [2.75, 3.05) is 13.7 Å². The van der Waals surface area contributed by atoms with E-state index in [4.69, 9.17) is 16.3 Å². The lowest BCUT2D eigenvalue weighted by Crippen LogP contribution is -2.34. The van der Waals surface area contributed by atoms with Gasteiger partial charge >= 0.3 is 0 Å². The van der Waals surface area contributed by atoms with E-state index < -0.39 is 5.60 Å². The minimum atomic E-state index is -0.727. The highest BCUT2D eigenvalue weighted by Crippen LogP contribution is 2.31. The summed E-state index contributed by atoms with van der Waals surface area (Å²) >= 11 is 6.25. The number of aliphatic hydroxyl groups is 1. The summed E-state index contributed by atoms with van der Waals surface area (Å²) in [5.74, 6) is 0.831. The molecule has 0 bridgehead atoms. The average molecular weight is 272 g/mol. The van der Waals surface area contributed by atoms with Crippen LogP contribution in [0.25, 0.3) is 0 Å².